The number of alkyl halides is 3. The first-order chi connectivity index (χ1) is 12.5. The van der Waals surface area contributed by atoms with Gasteiger partial charge in [0, 0.05) is 12.0 Å². The van der Waals surface area contributed by atoms with E-state index < -0.39 is 35.0 Å². The molecule has 8 heteroatoms. The van der Waals surface area contributed by atoms with E-state index in [9.17, 15) is 22.8 Å². The van der Waals surface area contributed by atoms with Gasteiger partial charge in [-0.15, -0.1) is 0 Å². The lowest BCUT2D eigenvalue weighted by molar-refractivity contribution is -0.137. The third-order valence-corrected chi connectivity index (χ3v) is 5.18. The van der Waals surface area contributed by atoms with Crippen molar-refractivity contribution in [3.8, 4) is 0 Å². The minimum atomic E-state index is -4.40. The van der Waals surface area contributed by atoms with Gasteiger partial charge >= 0.3 is 6.18 Å². The molecule has 27 heavy (non-hydrogen) atoms. The SMILES string of the molecule is CC(C)[C@H](N)C(=O)NCC(=O)NCC1(c2cccc(C(F)(F)F)c2)CCC1. The Bertz CT molecular complexity index is 685. The standard InChI is InChI=1S/C19H26F3N3O2/c1-12(2)16(23)17(27)24-10-15(26)25-11-18(7-4-8-18)13-5-3-6-14(9-13)19(20,21)22/h3,5-6,9,12,16H,4,7-8,10-11,23H2,1-2H3,(H,24,27)(H,25,26)/t16-/m0/s1. The molecule has 0 aliphatic heterocycles. The van der Waals surface area contributed by atoms with Crippen molar-refractivity contribution in [1.82, 2.24) is 10.6 Å². The fourth-order valence-electron chi connectivity index (χ4n) is 3.11. The maximum atomic E-state index is 13.0. The number of rotatable bonds is 7. The van der Waals surface area contributed by atoms with Crippen LogP contribution in [0.4, 0.5) is 13.2 Å². The molecule has 1 aliphatic rings. The zero-order valence-corrected chi connectivity index (χ0v) is 15.5. The summed E-state index contributed by atoms with van der Waals surface area (Å²) in [5.41, 5.74) is 5.11. The summed E-state index contributed by atoms with van der Waals surface area (Å²) >= 11 is 0. The molecule has 0 aromatic heterocycles. The largest absolute Gasteiger partial charge is 0.416 e. The molecule has 1 saturated carbocycles. The van der Waals surface area contributed by atoms with Gasteiger partial charge in [-0.3, -0.25) is 9.59 Å². The van der Waals surface area contributed by atoms with Crippen LogP contribution in [0.15, 0.2) is 24.3 Å². The van der Waals surface area contributed by atoms with Gasteiger partial charge in [0.1, 0.15) is 0 Å². The average molecular weight is 385 g/mol. The summed E-state index contributed by atoms with van der Waals surface area (Å²) in [5.74, 6) is -0.846. The Labute approximate surface area is 156 Å². The second kappa shape index (κ2) is 8.29. The van der Waals surface area contributed by atoms with E-state index in [0.29, 0.717) is 18.4 Å². The van der Waals surface area contributed by atoms with Crippen LogP contribution in [-0.4, -0.2) is 30.9 Å². The predicted molar refractivity (Wildman–Crippen MR) is 95.8 cm³/mol. The summed E-state index contributed by atoms with van der Waals surface area (Å²) in [6.45, 7) is 3.64. The number of nitrogens with two attached hydrogens (primary N) is 1. The van der Waals surface area contributed by atoms with Gasteiger partial charge in [0.05, 0.1) is 18.2 Å². The zero-order valence-electron chi connectivity index (χ0n) is 15.5. The van der Waals surface area contributed by atoms with Gasteiger partial charge in [0.25, 0.3) is 0 Å². The first-order valence-corrected chi connectivity index (χ1v) is 9.03. The van der Waals surface area contributed by atoms with Crippen molar-refractivity contribution in [1.29, 1.82) is 0 Å². The van der Waals surface area contributed by atoms with Gasteiger partial charge in [-0.25, -0.2) is 0 Å². The highest BCUT2D eigenvalue weighted by atomic mass is 19.4. The van der Waals surface area contributed by atoms with Gasteiger partial charge < -0.3 is 16.4 Å². The molecule has 0 spiro atoms. The molecule has 0 bridgehead atoms. The quantitative estimate of drug-likeness (QED) is 0.674. The predicted octanol–water partition coefficient (Wildman–Crippen LogP) is 2.34. The summed E-state index contributed by atoms with van der Waals surface area (Å²) in [7, 11) is 0. The van der Waals surface area contributed by atoms with Crippen LogP contribution in [0.5, 0.6) is 0 Å². The fraction of sp³-hybridized carbons (Fsp3) is 0.579. The van der Waals surface area contributed by atoms with Crippen LogP contribution in [-0.2, 0) is 21.2 Å². The summed E-state index contributed by atoms with van der Waals surface area (Å²) in [6.07, 6.45) is -2.09. The number of hydrogen-bond acceptors (Lipinski definition) is 3. The van der Waals surface area contributed by atoms with E-state index in [1.165, 1.54) is 6.07 Å². The van der Waals surface area contributed by atoms with Crippen LogP contribution < -0.4 is 16.4 Å². The van der Waals surface area contributed by atoms with E-state index in [0.717, 1.165) is 18.6 Å². The molecule has 0 saturated heterocycles. The third kappa shape index (κ3) is 5.22. The molecule has 5 nitrogen and oxygen atoms in total. The van der Waals surface area contributed by atoms with E-state index in [1.54, 1.807) is 19.9 Å². The van der Waals surface area contributed by atoms with E-state index in [2.05, 4.69) is 10.6 Å². The molecule has 2 amide bonds. The van der Waals surface area contributed by atoms with Crippen molar-refractivity contribution in [2.75, 3.05) is 13.1 Å². The Morgan fingerprint density at radius 1 is 1.22 bits per heavy atom. The molecule has 2 rings (SSSR count). The molecule has 0 radical (unpaired) electrons. The summed E-state index contributed by atoms with van der Waals surface area (Å²) in [6, 6.07) is 4.58. The summed E-state index contributed by atoms with van der Waals surface area (Å²) in [4.78, 5) is 23.8. The Balaban J connectivity index is 1.95. The number of benzene rings is 1. The maximum absolute atomic E-state index is 13.0. The van der Waals surface area contributed by atoms with E-state index in [1.807, 2.05) is 0 Å². The Hall–Kier alpha value is -2.09. The van der Waals surface area contributed by atoms with Gasteiger partial charge in [0.2, 0.25) is 11.8 Å². The van der Waals surface area contributed by atoms with Crippen LogP contribution >= 0.6 is 0 Å². The monoisotopic (exact) mass is 385 g/mol. The van der Waals surface area contributed by atoms with Crippen molar-refractivity contribution in [3.63, 3.8) is 0 Å². The molecule has 1 aromatic carbocycles. The first kappa shape index (κ1) is 21.2. The molecule has 4 N–H and O–H groups in total. The molecule has 0 heterocycles. The third-order valence-electron chi connectivity index (χ3n) is 5.18. The first-order valence-electron chi connectivity index (χ1n) is 9.03. The normalized spacial score (nSPS) is 17.1. The van der Waals surface area contributed by atoms with Gasteiger partial charge in [-0.05, 0) is 30.4 Å². The van der Waals surface area contributed by atoms with Crippen LogP contribution in [0.1, 0.15) is 44.2 Å². The summed E-state index contributed by atoms with van der Waals surface area (Å²) < 4.78 is 38.9. The summed E-state index contributed by atoms with van der Waals surface area (Å²) in [5, 5.41) is 5.21. The van der Waals surface area contributed by atoms with E-state index in [4.69, 9.17) is 5.73 Å². The number of carbonyl (C=O) groups is 2. The van der Waals surface area contributed by atoms with Crippen LogP contribution in [0.3, 0.4) is 0 Å². The number of nitrogens with one attached hydrogen (secondary N) is 2. The van der Waals surface area contributed by atoms with Gasteiger partial charge in [0.15, 0.2) is 0 Å². The average Bonchev–Trinajstić information content (AvgIpc) is 2.57. The molecular formula is C19H26F3N3O2. The smallest absolute Gasteiger partial charge is 0.354 e. The lowest BCUT2D eigenvalue weighted by Crippen LogP contribution is -2.50. The van der Waals surface area contributed by atoms with E-state index in [-0.39, 0.29) is 19.0 Å². The van der Waals surface area contributed by atoms with Gasteiger partial charge in [-0.2, -0.15) is 13.2 Å². The van der Waals surface area contributed by atoms with Crippen molar-refractivity contribution >= 4 is 11.8 Å². The molecule has 1 aliphatic carbocycles. The highest BCUT2D eigenvalue weighted by Crippen LogP contribution is 2.44. The van der Waals surface area contributed by atoms with Crippen molar-refractivity contribution in [2.45, 2.75) is 50.7 Å². The number of amides is 2. The van der Waals surface area contributed by atoms with Crippen molar-refractivity contribution in [3.05, 3.63) is 35.4 Å². The molecular weight excluding hydrogens is 359 g/mol. The van der Waals surface area contributed by atoms with Crippen molar-refractivity contribution in [2.24, 2.45) is 11.7 Å². The maximum Gasteiger partial charge on any atom is 0.416 e. The molecule has 1 atom stereocenters. The second-order valence-corrected chi connectivity index (χ2v) is 7.48. The lowest BCUT2D eigenvalue weighted by Gasteiger charge is -2.43. The fourth-order valence-corrected chi connectivity index (χ4v) is 3.11. The molecule has 150 valence electrons. The number of halogens is 3. The van der Waals surface area contributed by atoms with Crippen molar-refractivity contribution < 1.29 is 22.8 Å². The minimum Gasteiger partial charge on any atom is -0.354 e. The van der Waals surface area contributed by atoms with Gasteiger partial charge in [-0.1, -0.05) is 38.5 Å². The topological polar surface area (TPSA) is 84.2 Å². The molecule has 0 unspecified atom stereocenters. The molecule has 1 aromatic rings. The van der Waals surface area contributed by atoms with E-state index >= 15 is 0 Å². The number of hydrogen-bond donors (Lipinski definition) is 3. The van der Waals surface area contributed by atoms with Crippen LogP contribution in [0, 0.1) is 5.92 Å². The Morgan fingerprint density at radius 3 is 2.41 bits per heavy atom. The minimum absolute atomic E-state index is 0.0489. The van der Waals surface area contributed by atoms with Crippen LogP contribution in [0.2, 0.25) is 0 Å². The Kier molecular flexibility index (Phi) is 6.51. The van der Waals surface area contributed by atoms with Crippen LogP contribution in [0.25, 0.3) is 0 Å². The number of carbonyl (C=O) groups excluding carboxylic acids is 2. The second-order valence-electron chi connectivity index (χ2n) is 7.48. The molecule has 1 fully saturated rings. The lowest BCUT2D eigenvalue weighted by atomic mass is 9.64. The highest BCUT2D eigenvalue weighted by Gasteiger charge is 2.40. The highest BCUT2D eigenvalue weighted by molar-refractivity contribution is 5.87. The zero-order chi connectivity index (χ0) is 20.2. The Morgan fingerprint density at radius 2 is 1.89 bits per heavy atom.